The molecule has 1 aliphatic carbocycles. The first-order chi connectivity index (χ1) is 22.4. The molecule has 0 radical (unpaired) electrons. The predicted molar refractivity (Wildman–Crippen MR) is 207 cm³/mol. The Balaban J connectivity index is 0.000000268. The number of hydrogen-bond donors (Lipinski definition) is 0. The molecule has 50 heavy (non-hydrogen) atoms. The SMILES string of the molecule is CC(C)(C)c1c[c-]c2c(c1)-c1cc(C(C)(C)C)ccc1C2.CCc1cc(C(C)(C)C)c[cH-]1.Clc1ccc([C](=[Zr+2])c2ccc(Cl)cc2)cc1.[Cl-].[Cl-]. The van der Waals surface area contributed by atoms with Crippen molar-refractivity contribution in [3.63, 3.8) is 0 Å². The molecule has 0 saturated heterocycles. The Hall–Kier alpha value is -1.86. The van der Waals surface area contributed by atoms with Gasteiger partial charge in [-0.05, 0) is 17.4 Å². The van der Waals surface area contributed by atoms with Gasteiger partial charge in [0.2, 0.25) is 0 Å². The summed E-state index contributed by atoms with van der Waals surface area (Å²) in [6.07, 6.45) is 2.18. The molecule has 0 N–H and O–H groups in total. The summed E-state index contributed by atoms with van der Waals surface area (Å²) in [4.78, 5) is 0. The fourth-order valence-electron chi connectivity index (χ4n) is 5.56. The van der Waals surface area contributed by atoms with E-state index >= 15 is 0 Å². The second kappa shape index (κ2) is 18.3. The average Bonchev–Trinajstić information content (AvgIpc) is 3.66. The molecule has 0 unspecified atom stereocenters. The molecule has 264 valence electrons. The van der Waals surface area contributed by atoms with E-state index in [9.17, 15) is 0 Å². The van der Waals surface area contributed by atoms with E-state index in [1.807, 2.05) is 48.5 Å². The summed E-state index contributed by atoms with van der Waals surface area (Å²) in [6.45, 7) is 22.6. The smallest absolute Gasteiger partial charge is 1.00 e. The first-order valence-corrected chi connectivity index (χ1v) is 18.9. The molecule has 5 aromatic rings. The maximum absolute atomic E-state index is 5.86. The van der Waals surface area contributed by atoms with E-state index in [4.69, 9.17) is 23.2 Å². The molecular formula is C45H50Cl4Zr-2. The van der Waals surface area contributed by atoms with E-state index < -0.39 is 0 Å². The van der Waals surface area contributed by atoms with Crippen molar-refractivity contribution in [2.45, 2.75) is 98.3 Å². The molecule has 0 atom stereocenters. The van der Waals surface area contributed by atoms with Crippen molar-refractivity contribution in [3.8, 4) is 11.1 Å². The Bertz CT molecular complexity index is 1730. The molecule has 1 aliphatic rings. The first-order valence-electron chi connectivity index (χ1n) is 16.9. The molecule has 0 saturated carbocycles. The zero-order chi connectivity index (χ0) is 35.4. The third-order valence-corrected chi connectivity index (χ3v) is 10.8. The van der Waals surface area contributed by atoms with Gasteiger partial charge in [-0.1, -0.05) is 116 Å². The van der Waals surface area contributed by atoms with Crippen molar-refractivity contribution in [2.24, 2.45) is 0 Å². The maximum atomic E-state index is 5.86. The number of hydrogen-bond acceptors (Lipinski definition) is 0. The number of benzene rings is 4. The molecule has 5 heteroatoms. The minimum Gasteiger partial charge on any atom is -1.00 e. The topological polar surface area (TPSA) is 0 Å². The molecule has 0 aliphatic heterocycles. The van der Waals surface area contributed by atoms with Gasteiger partial charge in [-0.3, -0.25) is 0 Å². The molecule has 0 spiro atoms. The summed E-state index contributed by atoms with van der Waals surface area (Å²) >= 11 is 13.1. The van der Waals surface area contributed by atoms with Crippen molar-refractivity contribution >= 4 is 26.4 Å². The predicted octanol–water partition coefficient (Wildman–Crippen LogP) is 7.04. The largest absolute Gasteiger partial charge is 1.00 e. The summed E-state index contributed by atoms with van der Waals surface area (Å²) in [7, 11) is 0. The molecule has 0 heterocycles. The van der Waals surface area contributed by atoms with Crippen LogP contribution in [0, 0.1) is 6.07 Å². The van der Waals surface area contributed by atoms with Crippen molar-refractivity contribution in [3.05, 3.63) is 158 Å². The van der Waals surface area contributed by atoms with Crippen molar-refractivity contribution < 1.29 is 49.0 Å². The zero-order valence-electron chi connectivity index (χ0n) is 31.2. The molecular weight excluding hydrogens is 774 g/mol. The van der Waals surface area contributed by atoms with Gasteiger partial charge in [0, 0.05) is 0 Å². The Morgan fingerprint density at radius 1 is 0.660 bits per heavy atom. The number of rotatable bonds is 3. The second-order valence-corrected chi connectivity index (χ2v) is 17.9. The fraction of sp³-hybridized carbons (Fsp3) is 0.333. The van der Waals surface area contributed by atoms with Crippen LogP contribution in [0.25, 0.3) is 11.1 Å². The van der Waals surface area contributed by atoms with Crippen LogP contribution in [0.15, 0.2) is 97.1 Å². The summed E-state index contributed by atoms with van der Waals surface area (Å²) in [5.41, 5.74) is 14.4. The molecule has 6 rings (SSSR count). The van der Waals surface area contributed by atoms with Crippen molar-refractivity contribution in [1.82, 2.24) is 0 Å². The van der Waals surface area contributed by atoms with Crippen LogP contribution in [0.3, 0.4) is 0 Å². The van der Waals surface area contributed by atoms with Gasteiger partial charge >= 0.3 is 120 Å². The summed E-state index contributed by atoms with van der Waals surface area (Å²) in [6, 6.07) is 37.7. The summed E-state index contributed by atoms with van der Waals surface area (Å²) in [5.74, 6) is 0. The van der Waals surface area contributed by atoms with Crippen LogP contribution in [-0.2, 0) is 53.3 Å². The van der Waals surface area contributed by atoms with Crippen molar-refractivity contribution in [2.75, 3.05) is 0 Å². The standard InChI is InChI=1S/C21H25.C13H8Cl2.C11H17.2ClH.Zr/c1-20(2,3)16-9-7-14-11-15-8-10-17(21(4,5)6)13-19(15)18(14)12-16;14-12-5-1-10(2-6-12)9-11-3-7-13(15)8-4-11;1-5-9-6-7-10(8-9)11(2,3)4;;;/h7,9-10,12-13H,11H2,1-6H3;1-8H;6-8H,5H2,1-4H3;2*1H;/q-1;;-1;;;+2/p-2. The Kier molecular flexibility index (Phi) is 16.2. The van der Waals surface area contributed by atoms with Gasteiger partial charge in [0.05, 0.1) is 0 Å². The van der Waals surface area contributed by atoms with Gasteiger partial charge in [-0.15, -0.1) is 5.56 Å². The quantitative estimate of drug-likeness (QED) is 0.168. The fourth-order valence-corrected chi connectivity index (χ4v) is 6.64. The van der Waals surface area contributed by atoms with Gasteiger partial charge in [0.15, 0.2) is 0 Å². The molecule has 0 bridgehead atoms. The molecule has 5 aromatic carbocycles. The minimum atomic E-state index is 0. The van der Waals surface area contributed by atoms with E-state index in [-0.39, 0.29) is 35.6 Å². The first kappa shape index (κ1) is 44.3. The number of aryl methyl sites for hydroxylation is 1. The van der Waals surface area contributed by atoms with Crippen LogP contribution in [-0.4, -0.2) is 3.21 Å². The van der Waals surface area contributed by atoms with E-state index in [1.165, 1.54) is 83.1 Å². The van der Waals surface area contributed by atoms with E-state index in [0.717, 1.165) is 22.9 Å². The number of halogens is 4. The van der Waals surface area contributed by atoms with Gasteiger partial charge in [-0.2, -0.15) is 52.6 Å². The minimum absolute atomic E-state index is 0. The zero-order valence-corrected chi connectivity index (χ0v) is 36.6. The Morgan fingerprint density at radius 2 is 1.14 bits per heavy atom. The van der Waals surface area contributed by atoms with Crippen LogP contribution in [0.1, 0.15) is 114 Å². The monoisotopic (exact) mass is 820 g/mol. The van der Waals surface area contributed by atoms with Gasteiger partial charge in [0.1, 0.15) is 0 Å². The maximum Gasteiger partial charge on any atom is -1.00 e. The van der Waals surface area contributed by atoms with Crippen LogP contribution in [0.2, 0.25) is 10.0 Å². The third-order valence-electron chi connectivity index (χ3n) is 8.88. The molecule has 0 fully saturated rings. The molecule has 0 nitrogen and oxygen atoms in total. The van der Waals surface area contributed by atoms with Gasteiger partial charge < -0.3 is 24.8 Å². The van der Waals surface area contributed by atoms with Crippen LogP contribution >= 0.6 is 23.2 Å². The van der Waals surface area contributed by atoms with Crippen LogP contribution in [0.5, 0.6) is 0 Å². The summed E-state index contributed by atoms with van der Waals surface area (Å²) in [5, 5.41) is 1.53. The molecule has 0 amide bonds. The van der Waals surface area contributed by atoms with E-state index in [0.29, 0.717) is 5.41 Å². The van der Waals surface area contributed by atoms with Crippen LogP contribution in [0.4, 0.5) is 0 Å². The normalized spacial score (nSPS) is 11.8. The Labute approximate surface area is 339 Å². The van der Waals surface area contributed by atoms with E-state index in [2.05, 4.69) is 124 Å². The Morgan fingerprint density at radius 3 is 1.56 bits per heavy atom. The van der Waals surface area contributed by atoms with Crippen molar-refractivity contribution in [1.29, 1.82) is 0 Å². The van der Waals surface area contributed by atoms with Crippen LogP contribution < -0.4 is 24.8 Å². The average molecular weight is 824 g/mol. The van der Waals surface area contributed by atoms with Gasteiger partial charge in [-0.25, -0.2) is 6.07 Å². The van der Waals surface area contributed by atoms with Gasteiger partial charge in [0.25, 0.3) is 0 Å². The summed E-state index contributed by atoms with van der Waals surface area (Å²) < 4.78 is 1.31. The van der Waals surface area contributed by atoms with E-state index in [1.54, 1.807) is 0 Å². The third kappa shape index (κ3) is 11.8. The molecule has 0 aromatic heterocycles. The number of fused-ring (bicyclic) bond motifs is 3. The second-order valence-electron chi connectivity index (χ2n) is 15.8.